The van der Waals surface area contributed by atoms with Crippen LogP contribution in [-0.4, -0.2) is 66.6 Å². The van der Waals surface area contributed by atoms with Gasteiger partial charge in [0.1, 0.15) is 11.6 Å². The summed E-state index contributed by atoms with van der Waals surface area (Å²) in [6.45, 7) is 8.83. The molecule has 0 atom stereocenters. The van der Waals surface area contributed by atoms with Crippen molar-refractivity contribution in [1.82, 2.24) is 14.9 Å². The van der Waals surface area contributed by atoms with Crippen molar-refractivity contribution in [3.8, 4) is 0 Å². The summed E-state index contributed by atoms with van der Waals surface area (Å²) in [5, 5.41) is 0. The van der Waals surface area contributed by atoms with Crippen LogP contribution in [0.15, 0.2) is 54.6 Å². The van der Waals surface area contributed by atoms with Crippen molar-refractivity contribution < 1.29 is 9.18 Å². The van der Waals surface area contributed by atoms with Crippen LogP contribution in [0, 0.1) is 5.82 Å². The van der Waals surface area contributed by atoms with Crippen LogP contribution in [0.5, 0.6) is 0 Å². The van der Waals surface area contributed by atoms with E-state index in [0.717, 1.165) is 49.2 Å². The van der Waals surface area contributed by atoms with Gasteiger partial charge in [0.05, 0.1) is 12.2 Å². The Kier molecular flexibility index (Phi) is 6.76. The Morgan fingerprint density at radius 2 is 1.58 bits per heavy atom. The zero-order valence-electron chi connectivity index (χ0n) is 21.2. The van der Waals surface area contributed by atoms with Gasteiger partial charge >= 0.3 is 0 Å². The maximum absolute atomic E-state index is 13.4. The van der Waals surface area contributed by atoms with Gasteiger partial charge in [0.15, 0.2) is 0 Å². The maximum atomic E-state index is 13.4. The summed E-state index contributed by atoms with van der Waals surface area (Å²) in [4.78, 5) is 31.8. The van der Waals surface area contributed by atoms with Crippen molar-refractivity contribution in [3.63, 3.8) is 0 Å². The SMILES string of the molecule is CC(C)N(C)c1nc(N2CCN(c3ccccc3)CC2)nc2c1CN(C(=O)c1ccc(F)cc1)CC2. The minimum atomic E-state index is -0.345. The molecule has 36 heavy (non-hydrogen) atoms. The van der Waals surface area contributed by atoms with Gasteiger partial charge in [-0.1, -0.05) is 18.2 Å². The van der Waals surface area contributed by atoms with Gasteiger partial charge in [-0.25, -0.2) is 9.37 Å². The minimum Gasteiger partial charge on any atom is -0.368 e. The lowest BCUT2D eigenvalue weighted by molar-refractivity contribution is 0.0733. The van der Waals surface area contributed by atoms with Gasteiger partial charge in [-0.15, -0.1) is 0 Å². The van der Waals surface area contributed by atoms with Gasteiger partial charge in [-0.3, -0.25) is 4.79 Å². The smallest absolute Gasteiger partial charge is 0.254 e. The van der Waals surface area contributed by atoms with E-state index in [4.69, 9.17) is 9.97 Å². The molecule has 1 fully saturated rings. The third-order valence-corrected chi connectivity index (χ3v) is 7.20. The van der Waals surface area contributed by atoms with E-state index in [1.807, 2.05) is 18.0 Å². The molecule has 1 saturated heterocycles. The number of hydrogen-bond donors (Lipinski definition) is 0. The van der Waals surface area contributed by atoms with Crippen molar-refractivity contribution >= 4 is 23.4 Å². The highest BCUT2D eigenvalue weighted by molar-refractivity contribution is 5.94. The third kappa shape index (κ3) is 4.85. The molecule has 0 spiro atoms. The highest BCUT2D eigenvalue weighted by Gasteiger charge is 2.30. The first-order valence-electron chi connectivity index (χ1n) is 12.6. The summed E-state index contributed by atoms with van der Waals surface area (Å²) >= 11 is 0. The van der Waals surface area contributed by atoms with Crippen LogP contribution in [0.25, 0.3) is 0 Å². The highest BCUT2D eigenvalue weighted by atomic mass is 19.1. The summed E-state index contributed by atoms with van der Waals surface area (Å²) in [5.74, 6) is 1.20. The standard InChI is InChI=1S/C28H33FN6O/c1-20(2)32(3)26-24-19-35(27(36)21-9-11-22(29)12-10-21)14-13-25(24)30-28(31-26)34-17-15-33(16-18-34)23-7-5-4-6-8-23/h4-12,20H,13-19H2,1-3H3. The molecule has 7 nitrogen and oxygen atoms in total. The number of piperazine rings is 1. The van der Waals surface area contributed by atoms with E-state index >= 15 is 0 Å². The fourth-order valence-electron chi connectivity index (χ4n) is 4.81. The van der Waals surface area contributed by atoms with Gasteiger partial charge in [-0.2, -0.15) is 4.98 Å². The summed E-state index contributed by atoms with van der Waals surface area (Å²) in [6, 6.07) is 16.5. The molecule has 3 aromatic rings. The third-order valence-electron chi connectivity index (χ3n) is 7.20. The lowest BCUT2D eigenvalue weighted by Gasteiger charge is -2.38. The Labute approximate surface area is 212 Å². The second-order valence-electron chi connectivity index (χ2n) is 9.77. The molecule has 8 heteroatoms. The van der Waals surface area contributed by atoms with Gasteiger partial charge < -0.3 is 19.6 Å². The molecule has 2 aromatic carbocycles. The topological polar surface area (TPSA) is 55.8 Å². The number of amides is 1. The Balaban J connectivity index is 1.39. The molecular weight excluding hydrogens is 455 g/mol. The van der Waals surface area contributed by atoms with Crippen LogP contribution < -0.4 is 14.7 Å². The van der Waals surface area contributed by atoms with Crippen LogP contribution in [-0.2, 0) is 13.0 Å². The van der Waals surface area contributed by atoms with Crippen LogP contribution in [0.3, 0.4) is 0 Å². The molecule has 0 saturated carbocycles. The minimum absolute atomic E-state index is 0.0973. The average Bonchev–Trinajstić information content (AvgIpc) is 2.92. The van der Waals surface area contributed by atoms with E-state index in [0.29, 0.717) is 25.1 Å². The van der Waals surface area contributed by atoms with Crippen LogP contribution in [0.2, 0.25) is 0 Å². The molecule has 188 valence electrons. The normalized spacial score (nSPS) is 15.8. The zero-order chi connectivity index (χ0) is 25.2. The van der Waals surface area contributed by atoms with Crippen molar-refractivity contribution in [2.45, 2.75) is 32.9 Å². The Morgan fingerprint density at radius 1 is 0.917 bits per heavy atom. The number of aromatic nitrogens is 2. The fraction of sp³-hybridized carbons (Fsp3) is 0.393. The van der Waals surface area contributed by atoms with E-state index in [-0.39, 0.29) is 17.8 Å². The first-order valence-corrected chi connectivity index (χ1v) is 12.6. The number of nitrogens with zero attached hydrogens (tertiary/aromatic N) is 6. The molecule has 3 heterocycles. The fourth-order valence-corrected chi connectivity index (χ4v) is 4.81. The monoisotopic (exact) mass is 488 g/mol. The van der Waals surface area contributed by atoms with Crippen LogP contribution in [0.4, 0.5) is 21.8 Å². The quantitative estimate of drug-likeness (QED) is 0.542. The number of anilines is 3. The van der Waals surface area contributed by atoms with Crippen molar-refractivity contribution in [2.75, 3.05) is 54.5 Å². The summed E-state index contributed by atoms with van der Waals surface area (Å²) < 4.78 is 13.4. The lowest BCUT2D eigenvalue weighted by Crippen LogP contribution is -2.47. The summed E-state index contributed by atoms with van der Waals surface area (Å²) in [7, 11) is 2.05. The van der Waals surface area contributed by atoms with Crippen LogP contribution >= 0.6 is 0 Å². The number of rotatable bonds is 5. The van der Waals surface area contributed by atoms with Gasteiger partial charge in [0.25, 0.3) is 5.91 Å². The van der Waals surface area contributed by atoms with E-state index in [9.17, 15) is 9.18 Å². The summed E-state index contributed by atoms with van der Waals surface area (Å²) in [5.41, 5.74) is 3.75. The van der Waals surface area contributed by atoms with Crippen molar-refractivity contribution in [1.29, 1.82) is 0 Å². The first-order chi connectivity index (χ1) is 17.4. The van der Waals surface area contributed by atoms with Gasteiger partial charge in [0.2, 0.25) is 5.95 Å². The molecular formula is C28H33FN6O. The Morgan fingerprint density at radius 3 is 2.25 bits per heavy atom. The van der Waals surface area contributed by atoms with E-state index in [1.165, 1.54) is 17.8 Å². The number of halogens is 1. The second kappa shape index (κ2) is 10.1. The van der Waals surface area contributed by atoms with Crippen molar-refractivity contribution in [2.24, 2.45) is 0 Å². The molecule has 1 aromatic heterocycles. The molecule has 1 amide bonds. The van der Waals surface area contributed by atoms with E-state index < -0.39 is 0 Å². The van der Waals surface area contributed by atoms with Crippen molar-refractivity contribution in [3.05, 3.63) is 77.2 Å². The van der Waals surface area contributed by atoms with Gasteiger partial charge in [0, 0.05) is 69.0 Å². The number of hydrogen-bond acceptors (Lipinski definition) is 6. The lowest BCUT2D eigenvalue weighted by atomic mass is 10.0. The molecule has 2 aliphatic rings. The zero-order valence-corrected chi connectivity index (χ0v) is 21.2. The first kappa shape index (κ1) is 24.0. The number of carbonyl (C=O) groups is 1. The van der Waals surface area contributed by atoms with Crippen LogP contribution in [0.1, 0.15) is 35.5 Å². The number of benzene rings is 2. The predicted molar refractivity (Wildman–Crippen MR) is 141 cm³/mol. The Hall–Kier alpha value is -3.68. The molecule has 2 aliphatic heterocycles. The summed E-state index contributed by atoms with van der Waals surface area (Å²) in [6.07, 6.45) is 0.667. The predicted octanol–water partition coefficient (Wildman–Crippen LogP) is 3.99. The Bertz CT molecular complexity index is 1210. The van der Waals surface area contributed by atoms with E-state index in [1.54, 1.807) is 12.1 Å². The average molecular weight is 489 g/mol. The molecule has 0 bridgehead atoms. The molecule has 0 unspecified atom stereocenters. The molecule has 0 aliphatic carbocycles. The largest absolute Gasteiger partial charge is 0.368 e. The number of carbonyl (C=O) groups excluding carboxylic acids is 1. The molecule has 0 radical (unpaired) electrons. The number of fused-ring (bicyclic) bond motifs is 1. The molecule has 0 N–H and O–H groups in total. The maximum Gasteiger partial charge on any atom is 0.254 e. The van der Waals surface area contributed by atoms with Gasteiger partial charge in [-0.05, 0) is 50.2 Å². The number of para-hydroxylation sites is 1. The highest BCUT2D eigenvalue weighted by Crippen LogP contribution is 2.31. The molecule has 5 rings (SSSR count). The second-order valence-corrected chi connectivity index (χ2v) is 9.77. The van der Waals surface area contributed by atoms with E-state index in [2.05, 4.69) is 52.8 Å².